The van der Waals surface area contributed by atoms with Crippen LogP contribution in [0.25, 0.3) is 0 Å². The van der Waals surface area contributed by atoms with Crippen LogP contribution in [0.5, 0.6) is 5.75 Å². The van der Waals surface area contributed by atoms with E-state index in [-0.39, 0.29) is 10.5 Å². The summed E-state index contributed by atoms with van der Waals surface area (Å²) in [6.45, 7) is 3.35. The third kappa shape index (κ3) is 5.04. The third-order valence-electron chi connectivity index (χ3n) is 4.35. The van der Waals surface area contributed by atoms with E-state index < -0.39 is 21.8 Å². The minimum absolute atomic E-state index is 0.0384. The molecule has 31 heavy (non-hydrogen) atoms. The van der Waals surface area contributed by atoms with Crippen LogP contribution in [0.2, 0.25) is 0 Å². The lowest BCUT2D eigenvalue weighted by atomic mass is 10.2. The van der Waals surface area contributed by atoms with Gasteiger partial charge < -0.3 is 9.15 Å². The average molecular weight is 443 g/mol. The normalized spacial score (nSPS) is 10.9. The average Bonchev–Trinajstić information content (AvgIpc) is 3.10. The van der Waals surface area contributed by atoms with Gasteiger partial charge in [0.1, 0.15) is 17.3 Å². The zero-order valence-corrected chi connectivity index (χ0v) is 17.9. The first-order chi connectivity index (χ1) is 14.7. The van der Waals surface area contributed by atoms with E-state index in [1.165, 1.54) is 31.4 Å². The molecule has 1 heterocycles. The van der Waals surface area contributed by atoms with Crippen molar-refractivity contribution >= 4 is 27.5 Å². The Hall–Kier alpha value is -3.79. The molecule has 2 aromatic carbocycles. The highest BCUT2D eigenvalue weighted by Gasteiger charge is 2.18. The fourth-order valence-electron chi connectivity index (χ4n) is 2.83. The van der Waals surface area contributed by atoms with Crippen molar-refractivity contribution in [2.45, 2.75) is 18.7 Å². The number of benzene rings is 2. The minimum Gasteiger partial charge on any atom is -0.495 e. The van der Waals surface area contributed by atoms with Crippen molar-refractivity contribution in [3.05, 3.63) is 77.2 Å². The van der Waals surface area contributed by atoms with E-state index in [9.17, 15) is 18.0 Å². The second kappa shape index (κ2) is 8.92. The van der Waals surface area contributed by atoms with E-state index in [0.717, 1.165) is 0 Å². The van der Waals surface area contributed by atoms with Gasteiger partial charge in [0, 0.05) is 5.56 Å². The topological polar surface area (TPSA) is 127 Å². The molecule has 0 unspecified atom stereocenters. The van der Waals surface area contributed by atoms with Crippen molar-refractivity contribution in [3.8, 4) is 5.75 Å². The van der Waals surface area contributed by atoms with Crippen molar-refractivity contribution in [2.24, 2.45) is 0 Å². The summed E-state index contributed by atoms with van der Waals surface area (Å²) < 4.78 is 38.1. The minimum atomic E-state index is -3.89. The number of anilines is 1. The summed E-state index contributed by atoms with van der Waals surface area (Å²) in [5.74, 6) is 0.255. The molecule has 0 spiro atoms. The molecule has 3 aromatic rings. The summed E-state index contributed by atoms with van der Waals surface area (Å²) in [5, 5.41) is 0. The van der Waals surface area contributed by atoms with E-state index in [4.69, 9.17) is 9.15 Å². The first-order valence-corrected chi connectivity index (χ1v) is 10.6. The maximum atomic E-state index is 12.6. The standard InChI is InChI=1S/C21H21N3O6S/c1-13-12-17(14(2)30-13)21(26)23-22-20(25)15-8-10-16(11-9-15)31(27,28)24-18-6-4-5-7-19(18)29-3/h4-12,24H,1-3H3,(H,22,25)(H,23,26). The number of ether oxygens (including phenoxy) is 1. The summed E-state index contributed by atoms with van der Waals surface area (Å²) in [4.78, 5) is 24.4. The molecule has 9 nitrogen and oxygen atoms in total. The van der Waals surface area contributed by atoms with Crippen LogP contribution in [0.15, 0.2) is 63.9 Å². The zero-order valence-electron chi connectivity index (χ0n) is 17.1. The molecule has 1 aromatic heterocycles. The lowest BCUT2D eigenvalue weighted by Gasteiger charge is -2.12. The molecule has 0 aliphatic carbocycles. The molecule has 2 amide bonds. The first-order valence-electron chi connectivity index (χ1n) is 9.15. The van der Waals surface area contributed by atoms with Crippen LogP contribution in [0.3, 0.4) is 0 Å². The maximum absolute atomic E-state index is 12.6. The molecule has 0 atom stereocenters. The highest BCUT2D eigenvalue weighted by molar-refractivity contribution is 7.92. The summed E-state index contributed by atoms with van der Waals surface area (Å²) in [6, 6.07) is 13.4. The molecule has 10 heteroatoms. The largest absolute Gasteiger partial charge is 0.495 e. The van der Waals surface area contributed by atoms with Crippen LogP contribution < -0.4 is 20.3 Å². The molecule has 0 aliphatic rings. The van der Waals surface area contributed by atoms with Gasteiger partial charge in [0.15, 0.2) is 0 Å². The van der Waals surface area contributed by atoms with Gasteiger partial charge in [-0.15, -0.1) is 0 Å². The fraction of sp³-hybridized carbons (Fsp3) is 0.143. The number of carbonyl (C=O) groups is 2. The predicted octanol–water partition coefficient (Wildman–Crippen LogP) is 2.78. The number of carbonyl (C=O) groups excluding carboxylic acids is 2. The van der Waals surface area contributed by atoms with Crippen molar-refractivity contribution < 1.29 is 27.2 Å². The Kier molecular flexibility index (Phi) is 6.30. The Balaban J connectivity index is 1.67. The number of hydrogen-bond donors (Lipinski definition) is 3. The Morgan fingerprint density at radius 1 is 0.935 bits per heavy atom. The van der Waals surface area contributed by atoms with Crippen LogP contribution >= 0.6 is 0 Å². The summed E-state index contributed by atoms with van der Waals surface area (Å²) in [7, 11) is -2.46. The monoisotopic (exact) mass is 443 g/mol. The molecule has 0 radical (unpaired) electrons. The van der Waals surface area contributed by atoms with Crippen LogP contribution in [0, 0.1) is 13.8 Å². The van der Waals surface area contributed by atoms with Crippen molar-refractivity contribution in [2.75, 3.05) is 11.8 Å². The lowest BCUT2D eigenvalue weighted by molar-refractivity contribution is 0.0845. The molecule has 3 rings (SSSR count). The van der Waals surface area contributed by atoms with Gasteiger partial charge in [0.25, 0.3) is 21.8 Å². The quantitative estimate of drug-likeness (QED) is 0.503. The van der Waals surface area contributed by atoms with E-state index in [0.29, 0.717) is 28.5 Å². The lowest BCUT2D eigenvalue weighted by Crippen LogP contribution is -2.41. The molecule has 0 bridgehead atoms. The highest BCUT2D eigenvalue weighted by Crippen LogP contribution is 2.26. The summed E-state index contributed by atoms with van der Waals surface area (Å²) in [6.07, 6.45) is 0. The molecular weight excluding hydrogens is 422 g/mol. The maximum Gasteiger partial charge on any atom is 0.273 e. The van der Waals surface area contributed by atoms with Gasteiger partial charge in [-0.2, -0.15) is 0 Å². The Labute approximate surface area is 179 Å². The smallest absolute Gasteiger partial charge is 0.273 e. The number of sulfonamides is 1. The van der Waals surface area contributed by atoms with Gasteiger partial charge in [-0.3, -0.25) is 25.2 Å². The van der Waals surface area contributed by atoms with Gasteiger partial charge in [-0.05, 0) is 56.3 Å². The van der Waals surface area contributed by atoms with Crippen LogP contribution in [0.4, 0.5) is 5.69 Å². The molecule has 3 N–H and O–H groups in total. The zero-order chi connectivity index (χ0) is 22.6. The van der Waals surface area contributed by atoms with Gasteiger partial charge in [0.2, 0.25) is 0 Å². The SMILES string of the molecule is COc1ccccc1NS(=O)(=O)c1ccc(C(=O)NNC(=O)c2cc(C)oc2C)cc1. The van der Waals surface area contributed by atoms with Crippen molar-refractivity contribution in [1.82, 2.24) is 10.9 Å². The van der Waals surface area contributed by atoms with E-state index in [1.54, 1.807) is 44.2 Å². The number of furan rings is 1. The number of aryl methyl sites for hydroxylation is 2. The van der Waals surface area contributed by atoms with Crippen molar-refractivity contribution in [3.63, 3.8) is 0 Å². The number of amides is 2. The number of hydrazine groups is 1. The molecule has 0 saturated heterocycles. The van der Waals surface area contributed by atoms with E-state index in [1.807, 2.05) is 0 Å². The second-order valence-electron chi connectivity index (χ2n) is 6.57. The Morgan fingerprint density at radius 2 is 1.58 bits per heavy atom. The number of nitrogens with one attached hydrogen (secondary N) is 3. The van der Waals surface area contributed by atoms with Crippen LogP contribution in [0.1, 0.15) is 32.2 Å². The van der Waals surface area contributed by atoms with Crippen LogP contribution in [-0.2, 0) is 10.0 Å². The second-order valence-corrected chi connectivity index (χ2v) is 8.25. The van der Waals surface area contributed by atoms with Crippen LogP contribution in [-0.4, -0.2) is 27.3 Å². The fourth-order valence-corrected chi connectivity index (χ4v) is 3.90. The van der Waals surface area contributed by atoms with Crippen molar-refractivity contribution in [1.29, 1.82) is 0 Å². The molecular formula is C21H21N3O6S. The number of methoxy groups -OCH3 is 1. The third-order valence-corrected chi connectivity index (χ3v) is 5.73. The van der Waals surface area contributed by atoms with Gasteiger partial charge in [0.05, 0.1) is 23.3 Å². The van der Waals surface area contributed by atoms with Gasteiger partial charge in [-0.25, -0.2) is 8.42 Å². The molecule has 0 saturated carbocycles. The first kappa shape index (κ1) is 21.9. The predicted molar refractivity (Wildman–Crippen MR) is 113 cm³/mol. The summed E-state index contributed by atoms with van der Waals surface area (Å²) >= 11 is 0. The number of rotatable bonds is 6. The Bertz CT molecular complexity index is 1220. The summed E-state index contributed by atoms with van der Waals surface area (Å²) in [5.41, 5.74) is 5.35. The number of para-hydroxylation sites is 2. The molecule has 0 fully saturated rings. The molecule has 0 aliphatic heterocycles. The van der Waals surface area contributed by atoms with Gasteiger partial charge >= 0.3 is 0 Å². The van der Waals surface area contributed by atoms with E-state index >= 15 is 0 Å². The highest BCUT2D eigenvalue weighted by atomic mass is 32.2. The molecule has 162 valence electrons. The Morgan fingerprint density at radius 3 is 2.19 bits per heavy atom. The van der Waals surface area contributed by atoms with E-state index in [2.05, 4.69) is 15.6 Å². The number of hydrogen-bond acceptors (Lipinski definition) is 6. The van der Waals surface area contributed by atoms with Gasteiger partial charge in [-0.1, -0.05) is 12.1 Å².